The number of nitriles is 2. The van der Waals surface area contributed by atoms with Gasteiger partial charge in [-0.3, -0.25) is 4.40 Å². The van der Waals surface area contributed by atoms with Gasteiger partial charge in [0.2, 0.25) is 0 Å². The molecule has 186 valence electrons. The Morgan fingerprint density at radius 2 is 2.11 bits per heavy atom. The van der Waals surface area contributed by atoms with Crippen molar-refractivity contribution in [2.24, 2.45) is 0 Å². The first kappa shape index (κ1) is 25.7. The lowest BCUT2D eigenvalue weighted by atomic mass is 10.0. The number of carbonyl (C=O) groups is 1. The summed E-state index contributed by atoms with van der Waals surface area (Å²) in [6.45, 7) is 5.67. The zero-order chi connectivity index (χ0) is 25.9. The van der Waals surface area contributed by atoms with E-state index >= 15 is 0 Å². The molecular weight excluding hydrogens is 494 g/mol. The lowest BCUT2D eigenvalue weighted by Crippen LogP contribution is -2.54. The summed E-state index contributed by atoms with van der Waals surface area (Å²) >= 11 is 3.18. The fraction of sp³-hybridized carbons (Fsp3) is 0.385. The molecule has 0 spiro atoms. The number of carbonyl (C=O) groups excluding carboxylic acids is 1. The molecule has 1 fully saturated rings. The summed E-state index contributed by atoms with van der Waals surface area (Å²) in [5, 5.41) is 22.6. The van der Waals surface area contributed by atoms with Gasteiger partial charge >= 0.3 is 6.09 Å². The lowest BCUT2D eigenvalue weighted by Gasteiger charge is -2.31. The second kappa shape index (κ2) is 10.3. The van der Waals surface area contributed by atoms with Crippen LogP contribution in [0.25, 0.3) is 16.9 Å². The monoisotopic (exact) mass is 521 g/mol. The molecule has 1 atom stereocenters. The fourth-order valence-corrected chi connectivity index (χ4v) is 6.01. The molecule has 3 aromatic rings. The van der Waals surface area contributed by atoms with E-state index in [2.05, 4.69) is 22.4 Å². The molecule has 1 amide bonds. The molecule has 8 nitrogen and oxygen atoms in total. The summed E-state index contributed by atoms with van der Waals surface area (Å²) in [7, 11) is 0. The number of pyridine rings is 1. The maximum absolute atomic E-state index is 12.6. The summed E-state index contributed by atoms with van der Waals surface area (Å²) in [5.41, 5.74) is 1.84. The molecule has 1 saturated heterocycles. The van der Waals surface area contributed by atoms with Crippen LogP contribution in [0.2, 0.25) is 0 Å². The quantitative estimate of drug-likeness (QED) is 0.438. The van der Waals surface area contributed by atoms with Gasteiger partial charge in [0.15, 0.2) is 0 Å². The van der Waals surface area contributed by atoms with Crippen LogP contribution in [0.5, 0.6) is 5.75 Å². The van der Waals surface area contributed by atoms with Crippen molar-refractivity contribution >= 4 is 35.3 Å². The fourth-order valence-electron chi connectivity index (χ4n) is 4.04. The first-order valence-electron chi connectivity index (χ1n) is 11.4. The standard InChI is InChI=1S/C26H27N5O3S2/c1-25(2,3)34-24(32)30-26(8-9-36-16-26)15-33-21-10-17(11-22(35-4)19(21)13-28)20-14-29-23-7-5-6-18(12-27)31(20)23/h5-7,10-11,14H,8-9,15-16H2,1-4H3,(H,30,32)/t26-/m0/s1. The Hall–Kier alpha value is -3.34. The number of aromatic nitrogens is 2. The third-order valence-corrected chi connectivity index (χ3v) is 7.72. The SMILES string of the molecule is CSc1cc(-c2cnc3cccc(C#N)n23)cc(OC[C@@]2(NC(=O)OC(C)(C)C)CCSC2)c1C#N. The number of hydrogen-bond acceptors (Lipinski definition) is 8. The highest BCUT2D eigenvalue weighted by Gasteiger charge is 2.38. The number of fused-ring (bicyclic) bond motifs is 1. The number of hydrogen-bond donors (Lipinski definition) is 1. The van der Waals surface area contributed by atoms with Gasteiger partial charge in [-0.1, -0.05) is 6.07 Å². The lowest BCUT2D eigenvalue weighted by molar-refractivity contribution is 0.0432. The summed E-state index contributed by atoms with van der Waals surface area (Å²) < 4.78 is 13.6. The van der Waals surface area contributed by atoms with E-state index in [1.54, 1.807) is 40.6 Å². The van der Waals surface area contributed by atoms with Gasteiger partial charge in [0.05, 0.1) is 17.4 Å². The molecule has 4 rings (SSSR count). The number of imidazole rings is 1. The smallest absolute Gasteiger partial charge is 0.408 e. The molecule has 3 heterocycles. The topological polar surface area (TPSA) is 112 Å². The van der Waals surface area contributed by atoms with Crippen molar-refractivity contribution in [3.8, 4) is 29.1 Å². The number of nitrogens with one attached hydrogen (secondary N) is 1. The van der Waals surface area contributed by atoms with Gasteiger partial charge in [0.25, 0.3) is 0 Å². The van der Waals surface area contributed by atoms with Gasteiger partial charge in [-0.2, -0.15) is 22.3 Å². The minimum absolute atomic E-state index is 0.196. The van der Waals surface area contributed by atoms with Gasteiger partial charge in [0, 0.05) is 16.2 Å². The Bertz CT molecular complexity index is 1380. The predicted molar refractivity (Wildman–Crippen MR) is 141 cm³/mol. The second-order valence-corrected chi connectivity index (χ2v) is 11.5. The van der Waals surface area contributed by atoms with E-state index in [1.807, 2.05) is 39.2 Å². The molecule has 36 heavy (non-hydrogen) atoms. The predicted octanol–water partition coefficient (Wildman–Crippen LogP) is 5.25. The summed E-state index contributed by atoms with van der Waals surface area (Å²) in [5.74, 6) is 1.99. The third-order valence-electron chi connectivity index (χ3n) is 5.71. The van der Waals surface area contributed by atoms with E-state index < -0.39 is 17.2 Å². The molecule has 0 aliphatic carbocycles. The van der Waals surface area contributed by atoms with Gasteiger partial charge in [-0.05, 0) is 63.5 Å². The zero-order valence-corrected chi connectivity index (χ0v) is 22.3. The Balaban J connectivity index is 1.69. The van der Waals surface area contributed by atoms with Crippen molar-refractivity contribution in [2.75, 3.05) is 24.4 Å². The van der Waals surface area contributed by atoms with Crippen LogP contribution in [0.3, 0.4) is 0 Å². The van der Waals surface area contributed by atoms with Crippen LogP contribution in [0, 0.1) is 22.7 Å². The Morgan fingerprint density at radius 3 is 2.75 bits per heavy atom. The number of ether oxygens (including phenoxy) is 2. The van der Waals surface area contributed by atoms with Crippen molar-refractivity contribution in [3.63, 3.8) is 0 Å². The Labute approximate surface area is 219 Å². The first-order chi connectivity index (χ1) is 17.2. The minimum atomic E-state index is -0.607. The largest absolute Gasteiger partial charge is 0.490 e. The van der Waals surface area contributed by atoms with E-state index in [0.29, 0.717) is 28.4 Å². The first-order valence-corrected chi connectivity index (χ1v) is 13.8. The molecule has 1 aromatic carbocycles. The van der Waals surface area contributed by atoms with Gasteiger partial charge in [-0.25, -0.2) is 9.78 Å². The van der Waals surface area contributed by atoms with Crippen LogP contribution < -0.4 is 10.1 Å². The van der Waals surface area contributed by atoms with Crippen LogP contribution in [0.1, 0.15) is 38.4 Å². The number of benzene rings is 1. The summed E-state index contributed by atoms with van der Waals surface area (Å²) in [4.78, 5) is 17.8. The van der Waals surface area contributed by atoms with Crippen molar-refractivity contribution in [2.45, 2.75) is 43.2 Å². The van der Waals surface area contributed by atoms with Gasteiger partial charge in [0.1, 0.15) is 47.0 Å². The number of nitrogens with zero attached hydrogens (tertiary/aromatic N) is 4. The number of alkyl carbamates (subject to hydrolysis) is 1. The summed E-state index contributed by atoms with van der Waals surface area (Å²) in [6, 6.07) is 13.6. The molecule has 1 aliphatic rings. The third kappa shape index (κ3) is 5.40. The molecule has 1 aliphatic heterocycles. The van der Waals surface area contributed by atoms with Gasteiger partial charge in [-0.15, -0.1) is 11.8 Å². The second-order valence-electron chi connectivity index (χ2n) is 9.52. The number of thioether (sulfide) groups is 2. The van der Waals surface area contributed by atoms with Crippen LogP contribution in [-0.4, -0.2) is 51.0 Å². The Morgan fingerprint density at radius 1 is 1.31 bits per heavy atom. The highest BCUT2D eigenvalue weighted by molar-refractivity contribution is 7.99. The molecular formula is C26H27N5O3S2. The molecule has 2 aromatic heterocycles. The van der Waals surface area contributed by atoms with E-state index in [1.165, 1.54) is 11.8 Å². The van der Waals surface area contributed by atoms with Crippen LogP contribution in [0.15, 0.2) is 41.4 Å². The van der Waals surface area contributed by atoms with Crippen molar-refractivity contribution < 1.29 is 14.3 Å². The highest BCUT2D eigenvalue weighted by Crippen LogP contribution is 2.37. The van der Waals surface area contributed by atoms with E-state index in [9.17, 15) is 15.3 Å². The maximum atomic E-state index is 12.6. The molecule has 1 N–H and O–H groups in total. The van der Waals surface area contributed by atoms with E-state index in [-0.39, 0.29) is 6.61 Å². The van der Waals surface area contributed by atoms with Crippen LogP contribution in [-0.2, 0) is 4.74 Å². The molecule has 10 heteroatoms. The highest BCUT2D eigenvalue weighted by atomic mass is 32.2. The summed E-state index contributed by atoms with van der Waals surface area (Å²) in [6.07, 6.45) is 3.86. The van der Waals surface area contributed by atoms with Gasteiger partial charge < -0.3 is 14.8 Å². The van der Waals surface area contributed by atoms with Crippen molar-refractivity contribution in [1.82, 2.24) is 14.7 Å². The molecule has 0 radical (unpaired) electrons. The molecule has 0 saturated carbocycles. The Kier molecular flexibility index (Phi) is 7.39. The molecule has 0 unspecified atom stereocenters. The van der Waals surface area contributed by atoms with Crippen LogP contribution in [0.4, 0.5) is 4.79 Å². The number of rotatable bonds is 6. The minimum Gasteiger partial charge on any atom is -0.490 e. The van der Waals surface area contributed by atoms with Crippen molar-refractivity contribution in [3.05, 3.63) is 47.8 Å². The van der Waals surface area contributed by atoms with E-state index in [4.69, 9.17) is 9.47 Å². The molecule has 0 bridgehead atoms. The average Bonchev–Trinajstić information content (AvgIpc) is 3.48. The van der Waals surface area contributed by atoms with Crippen molar-refractivity contribution in [1.29, 1.82) is 10.5 Å². The average molecular weight is 522 g/mol. The normalized spacial score (nSPS) is 17.4. The number of amides is 1. The van der Waals surface area contributed by atoms with Crippen LogP contribution >= 0.6 is 23.5 Å². The maximum Gasteiger partial charge on any atom is 0.408 e. The zero-order valence-electron chi connectivity index (χ0n) is 20.6. The van der Waals surface area contributed by atoms with E-state index in [0.717, 1.165) is 28.3 Å².